The molecule has 0 saturated carbocycles. The SMILES string of the molecule is Cc1nc(SC(C(=O)O)c2ccccc2)nc2ccccc12. The van der Waals surface area contributed by atoms with Crippen LogP contribution in [0.5, 0.6) is 0 Å². The standard InChI is InChI=1S/C17H14N2O2S/c1-11-13-9-5-6-10-14(13)19-17(18-11)22-15(16(20)21)12-7-3-2-4-8-12/h2-10,15H,1H3,(H,20,21). The lowest BCUT2D eigenvalue weighted by molar-refractivity contribution is -0.136. The second kappa shape index (κ2) is 6.15. The van der Waals surface area contributed by atoms with Crippen LogP contribution in [0.1, 0.15) is 16.5 Å². The molecule has 4 nitrogen and oxygen atoms in total. The molecule has 110 valence electrons. The number of fused-ring (bicyclic) bond motifs is 1. The van der Waals surface area contributed by atoms with Gasteiger partial charge in [-0.15, -0.1) is 0 Å². The van der Waals surface area contributed by atoms with Gasteiger partial charge in [-0.2, -0.15) is 0 Å². The number of carboxylic acid groups (broad SMARTS) is 1. The van der Waals surface area contributed by atoms with Crippen molar-refractivity contribution in [3.05, 3.63) is 65.9 Å². The van der Waals surface area contributed by atoms with Gasteiger partial charge in [-0.3, -0.25) is 4.79 Å². The molecule has 0 aliphatic carbocycles. The number of carbonyl (C=O) groups is 1. The van der Waals surface area contributed by atoms with Gasteiger partial charge in [0, 0.05) is 11.1 Å². The third kappa shape index (κ3) is 2.94. The Morgan fingerprint density at radius 1 is 1.05 bits per heavy atom. The molecule has 22 heavy (non-hydrogen) atoms. The molecule has 1 unspecified atom stereocenters. The van der Waals surface area contributed by atoms with E-state index in [-0.39, 0.29) is 0 Å². The summed E-state index contributed by atoms with van der Waals surface area (Å²) in [5.41, 5.74) is 2.41. The van der Waals surface area contributed by atoms with Gasteiger partial charge in [0.1, 0.15) is 5.25 Å². The Kier molecular flexibility index (Phi) is 4.06. The number of hydrogen-bond donors (Lipinski definition) is 1. The maximum atomic E-state index is 11.6. The first kappa shape index (κ1) is 14.5. The molecule has 0 aliphatic rings. The molecule has 0 bridgehead atoms. The summed E-state index contributed by atoms with van der Waals surface area (Å²) in [4.78, 5) is 20.5. The number of benzene rings is 2. The van der Waals surface area contributed by atoms with E-state index in [1.54, 1.807) is 12.1 Å². The summed E-state index contributed by atoms with van der Waals surface area (Å²) in [7, 11) is 0. The zero-order valence-corrected chi connectivity index (χ0v) is 12.7. The molecule has 1 aromatic heterocycles. The average molecular weight is 310 g/mol. The first-order chi connectivity index (χ1) is 10.6. The lowest BCUT2D eigenvalue weighted by Crippen LogP contribution is -2.09. The van der Waals surface area contributed by atoms with Crippen molar-refractivity contribution in [3.8, 4) is 0 Å². The third-order valence-electron chi connectivity index (χ3n) is 3.32. The van der Waals surface area contributed by atoms with Gasteiger partial charge in [-0.25, -0.2) is 9.97 Å². The van der Waals surface area contributed by atoms with Gasteiger partial charge in [0.15, 0.2) is 5.16 Å². The Balaban J connectivity index is 1.98. The monoisotopic (exact) mass is 310 g/mol. The minimum Gasteiger partial charge on any atom is -0.480 e. The topological polar surface area (TPSA) is 63.1 Å². The molecule has 0 fully saturated rings. The highest BCUT2D eigenvalue weighted by atomic mass is 32.2. The van der Waals surface area contributed by atoms with Crippen LogP contribution in [-0.2, 0) is 4.79 Å². The number of aromatic nitrogens is 2. The molecule has 3 rings (SSSR count). The Morgan fingerprint density at radius 3 is 2.45 bits per heavy atom. The van der Waals surface area contributed by atoms with Crippen LogP contribution in [0, 0.1) is 6.92 Å². The summed E-state index contributed by atoms with van der Waals surface area (Å²) in [5.74, 6) is -0.898. The van der Waals surface area contributed by atoms with Crippen molar-refractivity contribution in [1.29, 1.82) is 0 Å². The minimum absolute atomic E-state index is 0.479. The molecule has 3 aromatic rings. The van der Waals surface area contributed by atoms with Crippen LogP contribution in [0.4, 0.5) is 0 Å². The highest BCUT2D eigenvalue weighted by molar-refractivity contribution is 8.00. The Morgan fingerprint density at radius 2 is 1.73 bits per heavy atom. The van der Waals surface area contributed by atoms with Crippen molar-refractivity contribution in [2.24, 2.45) is 0 Å². The number of aliphatic carboxylic acids is 1. The van der Waals surface area contributed by atoms with E-state index in [9.17, 15) is 9.90 Å². The fourth-order valence-electron chi connectivity index (χ4n) is 2.26. The molecule has 0 spiro atoms. The van der Waals surface area contributed by atoms with Gasteiger partial charge >= 0.3 is 5.97 Å². The van der Waals surface area contributed by atoms with Crippen molar-refractivity contribution < 1.29 is 9.90 Å². The predicted molar refractivity (Wildman–Crippen MR) is 87.0 cm³/mol. The molecular formula is C17H14N2O2S. The van der Waals surface area contributed by atoms with E-state index in [4.69, 9.17) is 0 Å². The van der Waals surface area contributed by atoms with E-state index in [0.717, 1.165) is 33.9 Å². The van der Waals surface area contributed by atoms with Gasteiger partial charge in [-0.1, -0.05) is 60.3 Å². The number of hydrogen-bond acceptors (Lipinski definition) is 4. The number of thioether (sulfide) groups is 1. The molecule has 0 aliphatic heterocycles. The summed E-state index contributed by atoms with van der Waals surface area (Å²) in [6.45, 7) is 1.91. The van der Waals surface area contributed by atoms with Crippen LogP contribution in [-0.4, -0.2) is 21.0 Å². The molecule has 5 heteroatoms. The number of nitrogens with zero attached hydrogens (tertiary/aromatic N) is 2. The number of aryl methyl sites for hydroxylation is 1. The van der Waals surface area contributed by atoms with Crippen LogP contribution < -0.4 is 0 Å². The van der Waals surface area contributed by atoms with Crippen molar-refractivity contribution in [2.75, 3.05) is 0 Å². The first-order valence-corrected chi connectivity index (χ1v) is 7.71. The Labute approximate surface area is 132 Å². The number of para-hydroxylation sites is 1. The maximum absolute atomic E-state index is 11.6. The van der Waals surface area contributed by atoms with Crippen LogP contribution >= 0.6 is 11.8 Å². The molecule has 0 saturated heterocycles. The Hall–Kier alpha value is -2.40. The lowest BCUT2D eigenvalue weighted by Gasteiger charge is -2.12. The Bertz CT molecular complexity index is 821. The van der Waals surface area contributed by atoms with E-state index in [0.29, 0.717) is 5.16 Å². The fourth-order valence-corrected chi connectivity index (χ4v) is 3.20. The minimum atomic E-state index is -0.898. The molecule has 0 amide bonds. The maximum Gasteiger partial charge on any atom is 0.321 e. The summed E-state index contributed by atoms with van der Waals surface area (Å²) < 4.78 is 0. The van der Waals surface area contributed by atoms with Gasteiger partial charge in [0.05, 0.1) is 5.52 Å². The van der Waals surface area contributed by atoms with Gasteiger partial charge in [-0.05, 0) is 18.6 Å². The smallest absolute Gasteiger partial charge is 0.321 e. The van der Waals surface area contributed by atoms with E-state index in [1.807, 2.05) is 49.4 Å². The van der Waals surface area contributed by atoms with E-state index in [2.05, 4.69) is 9.97 Å². The largest absolute Gasteiger partial charge is 0.480 e. The predicted octanol–water partition coefficient (Wildman–Crippen LogP) is 3.86. The highest BCUT2D eigenvalue weighted by Gasteiger charge is 2.22. The van der Waals surface area contributed by atoms with Crippen molar-refractivity contribution in [3.63, 3.8) is 0 Å². The fraction of sp³-hybridized carbons (Fsp3) is 0.118. The summed E-state index contributed by atoms with van der Waals surface area (Å²) in [5, 5.41) is 10.2. The van der Waals surface area contributed by atoms with E-state index >= 15 is 0 Å². The normalized spacial score (nSPS) is 12.2. The molecule has 2 aromatic carbocycles. The van der Waals surface area contributed by atoms with E-state index < -0.39 is 11.2 Å². The molecule has 1 N–H and O–H groups in total. The van der Waals surface area contributed by atoms with Crippen molar-refractivity contribution in [2.45, 2.75) is 17.3 Å². The van der Waals surface area contributed by atoms with Crippen molar-refractivity contribution in [1.82, 2.24) is 9.97 Å². The first-order valence-electron chi connectivity index (χ1n) is 6.83. The van der Waals surface area contributed by atoms with Crippen LogP contribution in [0.3, 0.4) is 0 Å². The van der Waals surface area contributed by atoms with Gasteiger partial charge in [0.2, 0.25) is 0 Å². The quantitative estimate of drug-likeness (QED) is 0.585. The zero-order valence-electron chi connectivity index (χ0n) is 11.9. The highest BCUT2D eigenvalue weighted by Crippen LogP contribution is 2.34. The van der Waals surface area contributed by atoms with Gasteiger partial charge in [0.25, 0.3) is 0 Å². The van der Waals surface area contributed by atoms with Crippen LogP contribution in [0.25, 0.3) is 10.9 Å². The summed E-state index contributed by atoms with van der Waals surface area (Å²) in [6, 6.07) is 16.9. The van der Waals surface area contributed by atoms with Gasteiger partial charge < -0.3 is 5.11 Å². The molecular weight excluding hydrogens is 296 g/mol. The summed E-state index contributed by atoms with van der Waals surface area (Å²) >= 11 is 1.16. The zero-order chi connectivity index (χ0) is 15.5. The molecule has 0 radical (unpaired) electrons. The number of carboxylic acids is 1. The molecule has 1 heterocycles. The molecule has 1 atom stereocenters. The number of rotatable bonds is 4. The van der Waals surface area contributed by atoms with E-state index in [1.165, 1.54) is 0 Å². The van der Waals surface area contributed by atoms with Crippen LogP contribution in [0.2, 0.25) is 0 Å². The third-order valence-corrected chi connectivity index (χ3v) is 4.43. The average Bonchev–Trinajstić information content (AvgIpc) is 2.53. The second-order valence-electron chi connectivity index (χ2n) is 4.86. The summed E-state index contributed by atoms with van der Waals surface area (Å²) in [6.07, 6.45) is 0. The lowest BCUT2D eigenvalue weighted by atomic mass is 10.1. The second-order valence-corrected chi connectivity index (χ2v) is 5.93. The van der Waals surface area contributed by atoms with Crippen molar-refractivity contribution >= 4 is 28.6 Å². The van der Waals surface area contributed by atoms with Crippen LogP contribution in [0.15, 0.2) is 59.8 Å².